The van der Waals surface area contributed by atoms with Gasteiger partial charge < -0.3 is 9.88 Å². The second-order valence-corrected chi connectivity index (χ2v) is 13.7. The molecule has 0 unspecified atom stereocenters. The molecular formula is C29H39ClN2OS. The van der Waals surface area contributed by atoms with E-state index in [9.17, 15) is 4.79 Å². The topological polar surface area (TPSA) is 34.0 Å². The highest BCUT2D eigenvalue weighted by atomic mass is 35.5. The van der Waals surface area contributed by atoms with Crippen molar-refractivity contribution in [2.45, 2.75) is 83.9 Å². The highest BCUT2D eigenvalue weighted by Crippen LogP contribution is 2.44. The monoisotopic (exact) mass is 498 g/mol. The Morgan fingerprint density at radius 1 is 1.06 bits per heavy atom. The number of halogens is 1. The molecule has 0 bridgehead atoms. The van der Waals surface area contributed by atoms with Crippen molar-refractivity contribution in [3.8, 4) is 0 Å². The van der Waals surface area contributed by atoms with E-state index in [0.29, 0.717) is 12.5 Å². The Bertz CT molecular complexity index is 1150. The van der Waals surface area contributed by atoms with Crippen molar-refractivity contribution >= 4 is 40.2 Å². The van der Waals surface area contributed by atoms with Crippen LogP contribution in [-0.2, 0) is 17.8 Å². The number of amides is 1. The molecule has 0 atom stereocenters. The summed E-state index contributed by atoms with van der Waals surface area (Å²) in [5.74, 6) is 0.483. The van der Waals surface area contributed by atoms with Crippen LogP contribution in [0.4, 0.5) is 0 Å². The summed E-state index contributed by atoms with van der Waals surface area (Å²) in [7, 11) is 0. The Kier molecular flexibility index (Phi) is 8.14. The summed E-state index contributed by atoms with van der Waals surface area (Å²) < 4.78 is 2.55. The van der Waals surface area contributed by atoms with E-state index in [2.05, 4.69) is 88.7 Å². The molecule has 1 N–H and O–H groups in total. The van der Waals surface area contributed by atoms with E-state index in [0.717, 1.165) is 18.0 Å². The third-order valence-electron chi connectivity index (χ3n) is 5.93. The van der Waals surface area contributed by atoms with Crippen molar-refractivity contribution < 1.29 is 4.79 Å². The molecule has 3 aromatic rings. The normalized spacial score (nSPS) is 12.5. The lowest BCUT2D eigenvalue weighted by Crippen LogP contribution is -2.34. The second kappa shape index (κ2) is 10.4. The highest BCUT2D eigenvalue weighted by molar-refractivity contribution is 8.00. The average Bonchev–Trinajstić information content (AvgIpc) is 2.98. The van der Waals surface area contributed by atoms with E-state index in [1.807, 2.05) is 23.9 Å². The van der Waals surface area contributed by atoms with Gasteiger partial charge in [-0.15, -0.1) is 11.8 Å². The number of thioether (sulfide) groups is 1. The van der Waals surface area contributed by atoms with Crippen LogP contribution in [0.5, 0.6) is 0 Å². The lowest BCUT2D eigenvalue weighted by atomic mass is 9.87. The molecule has 34 heavy (non-hydrogen) atoms. The van der Waals surface area contributed by atoms with Gasteiger partial charge in [-0.25, -0.2) is 0 Å². The van der Waals surface area contributed by atoms with Crippen molar-refractivity contribution in [2.24, 2.45) is 5.41 Å². The number of fused-ring (bicyclic) bond motifs is 1. The Morgan fingerprint density at radius 2 is 1.71 bits per heavy atom. The van der Waals surface area contributed by atoms with Crippen LogP contribution in [0.25, 0.3) is 10.9 Å². The van der Waals surface area contributed by atoms with E-state index in [-0.39, 0.29) is 16.1 Å². The summed E-state index contributed by atoms with van der Waals surface area (Å²) in [6, 6.07) is 15.1. The van der Waals surface area contributed by atoms with E-state index in [4.69, 9.17) is 11.6 Å². The first-order valence-electron chi connectivity index (χ1n) is 12.1. The minimum Gasteiger partial charge on any atom is -0.356 e. The largest absolute Gasteiger partial charge is 0.356 e. The Hall–Kier alpha value is -1.91. The van der Waals surface area contributed by atoms with Crippen LogP contribution in [0.1, 0.15) is 78.1 Å². The van der Waals surface area contributed by atoms with Crippen molar-refractivity contribution in [3.63, 3.8) is 0 Å². The molecule has 0 radical (unpaired) electrons. The molecule has 3 rings (SSSR count). The van der Waals surface area contributed by atoms with Crippen LogP contribution in [0.2, 0.25) is 5.02 Å². The maximum atomic E-state index is 11.6. The van der Waals surface area contributed by atoms with Gasteiger partial charge in [-0.1, -0.05) is 78.3 Å². The predicted octanol–water partition coefficient (Wildman–Crippen LogP) is 8.06. The van der Waals surface area contributed by atoms with Gasteiger partial charge in [0, 0.05) is 51.3 Å². The summed E-state index contributed by atoms with van der Waals surface area (Å²) in [4.78, 5) is 13.0. The fourth-order valence-corrected chi connectivity index (χ4v) is 5.49. The minimum absolute atomic E-state index is 0.0145. The molecule has 0 aliphatic carbocycles. The van der Waals surface area contributed by atoms with Gasteiger partial charge in [0.2, 0.25) is 5.91 Å². The van der Waals surface area contributed by atoms with Crippen molar-refractivity contribution in [1.82, 2.24) is 9.88 Å². The number of carbonyl (C=O) groups excluding carboxylic acids is 1. The zero-order valence-corrected chi connectivity index (χ0v) is 23.5. The first-order chi connectivity index (χ1) is 15.8. The number of carbonyl (C=O) groups is 1. The van der Waals surface area contributed by atoms with E-state index < -0.39 is 0 Å². The van der Waals surface area contributed by atoms with Crippen LogP contribution in [-0.4, -0.2) is 21.8 Å². The summed E-state index contributed by atoms with van der Waals surface area (Å²) in [6.45, 7) is 18.8. The summed E-state index contributed by atoms with van der Waals surface area (Å²) in [5, 5.41) is 5.11. The molecule has 0 spiro atoms. The Morgan fingerprint density at radius 3 is 2.26 bits per heavy atom. The first kappa shape index (κ1) is 26.7. The number of hydrogen-bond donors (Lipinski definition) is 1. The van der Waals surface area contributed by atoms with Crippen LogP contribution in [0, 0.1) is 5.41 Å². The van der Waals surface area contributed by atoms with Gasteiger partial charge in [0.05, 0.1) is 0 Å². The molecule has 5 heteroatoms. The first-order valence-corrected chi connectivity index (χ1v) is 13.3. The zero-order valence-electron chi connectivity index (χ0n) is 21.9. The lowest BCUT2D eigenvalue weighted by molar-refractivity contribution is -0.119. The van der Waals surface area contributed by atoms with Crippen LogP contribution >= 0.6 is 23.4 Å². The van der Waals surface area contributed by atoms with Gasteiger partial charge in [-0.05, 0) is 53.1 Å². The molecule has 0 saturated carbocycles. The zero-order chi connectivity index (χ0) is 25.3. The smallest absolute Gasteiger partial charge is 0.216 e. The summed E-state index contributed by atoms with van der Waals surface area (Å²) in [5.41, 5.74) is 5.09. The fourth-order valence-electron chi connectivity index (χ4n) is 4.18. The van der Waals surface area contributed by atoms with Gasteiger partial charge in [0.25, 0.3) is 0 Å². The number of rotatable bonds is 8. The maximum absolute atomic E-state index is 11.6. The van der Waals surface area contributed by atoms with Crippen molar-refractivity contribution in [2.75, 3.05) is 6.54 Å². The minimum atomic E-state index is -0.0914. The Balaban J connectivity index is 2.22. The van der Waals surface area contributed by atoms with E-state index in [1.54, 1.807) is 6.92 Å². The molecule has 0 aliphatic heterocycles. The van der Waals surface area contributed by atoms with Crippen molar-refractivity contribution in [3.05, 3.63) is 64.3 Å². The third kappa shape index (κ3) is 6.82. The molecule has 1 heterocycles. The maximum Gasteiger partial charge on any atom is 0.216 e. The molecule has 0 saturated heterocycles. The SMILES string of the molecule is CC(=O)NCC(C)(C)Cc1c(SC(C)(C)C)c2cc(C(C)C)ccc2n1Cc1ccc(Cl)cc1. The average molecular weight is 499 g/mol. The van der Waals surface area contributed by atoms with E-state index in [1.165, 1.54) is 32.6 Å². The molecule has 184 valence electrons. The predicted molar refractivity (Wildman–Crippen MR) is 148 cm³/mol. The number of aromatic nitrogens is 1. The van der Waals surface area contributed by atoms with Gasteiger partial charge in [0.1, 0.15) is 0 Å². The van der Waals surface area contributed by atoms with Gasteiger partial charge in [0.15, 0.2) is 0 Å². The summed E-state index contributed by atoms with van der Waals surface area (Å²) >= 11 is 8.11. The summed E-state index contributed by atoms with van der Waals surface area (Å²) in [6.07, 6.45) is 0.866. The van der Waals surface area contributed by atoms with Crippen LogP contribution < -0.4 is 5.32 Å². The fraction of sp³-hybridized carbons (Fsp3) is 0.483. The van der Waals surface area contributed by atoms with Gasteiger partial charge in [-0.2, -0.15) is 0 Å². The number of nitrogens with zero attached hydrogens (tertiary/aromatic N) is 1. The molecule has 0 aliphatic rings. The second-order valence-electron chi connectivity index (χ2n) is 11.4. The van der Waals surface area contributed by atoms with Crippen molar-refractivity contribution in [1.29, 1.82) is 0 Å². The number of nitrogens with one attached hydrogen (secondary N) is 1. The molecule has 1 aromatic heterocycles. The standard InChI is InChI=1S/C29H39ClN2OS/c1-19(2)22-11-14-25-24(15-22)27(34-28(4,5)6)26(16-29(7,8)18-31-20(3)33)32(25)17-21-9-12-23(30)13-10-21/h9-15,19H,16-18H2,1-8H3,(H,31,33). The molecular weight excluding hydrogens is 460 g/mol. The third-order valence-corrected chi connectivity index (χ3v) is 7.46. The number of hydrogen-bond acceptors (Lipinski definition) is 2. The molecule has 3 nitrogen and oxygen atoms in total. The molecule has 1 amide bonds. The lowest BCUT2D eigenvalue weighted by Gasteiger charge is -2.27. The molecule has 2 aromatic carbocycles. The number of benzene rings is 2. The highest BCUT2D eigenvalue weighted by Gasteiger charge is 2.28. The van der Waals surface area contributed by atoms with Gasteiger partial charge in [-0.3, -0.25) is 4.79 Å². The quantitative estimate of drug-likeness (QED) is 0.318. The van der Waals surface area contributed by atoms with Crippen LogP contribution in [0.15, 0.2) is 47.4 Å². The Labute approximate surface area is 214 Å². The van der Waals surface area contributed by atoms with E-state index >= 15 is 0 Å². The van der Waals surface area contributed by atoms with Gasteiger partial charge >= 0.3 is 0 Å². The van der Waals surface area contributed by atoms with Crippen LogP contribution in [0.3, 0.4) is 0 Å². The molecule has 0 fully saturated rings.